The van der Waals surface area contributed by atoms with Crippen LogP contribution in [0.5, 0.6) is 0 Å². The van der Waals surface area contributed by atoms with Crippen LogP contribution in [0.25, 0.3) is 0 Å². The van der Waals surface area contributed by atoms with Gasteiger partial charge in [-0.15, -0.1) is 11.3 Å². The summed E-state index contributed by atoms with van der Waals surface area (Å²) < 4.78 is 14.9. The van der Waals surface area contributed by atoms with Crippen molar-refractivity contribution < 1.29 is 4.39 Å². The molecule has 1 atom stereocenters. The number of alkyl halides is 1. The van der Waals surface area contributed by atoms with Crippen molar-refractivity contribution in [3.63, 3.8) is 0 Å². The van der Waals surface area contributed by atoms with Gasteiger partial charge in [0.2, 0.25) is 0 Å². The Labute approximate surface area is 125 Å². The van der Waals surface area contributed by atoms with Crippen LogP contribution in [-0.4, -0.2) is 0 Å². The van der Waals surface area contributed by atoms with Crippen LogP contribution in [0, 0.1) is 12.7 Å². The molecule has 0 N–H and O–H groups in total. The molecule has 0 radical (unpaired) electrons. The summed E-state index contributed by atoms with van der Waals surface area (Å²) in [5.41, 5.74) is 1.62. The second-order valence-corrected chi connectivity index (χ2v) is 7.53. The van der Waals surface area contributed by atoms with Crippen molar-refractivity contribution in [1.82, 2.24) is 0 Å². The summed E-state index contributed by atoms with van der Waals surface area (Å²) in [5, 5.41) is 0.152. The van der Waals surface area contributed by atoms with E-state index in [2.05, 4.69) is 31.9 Å². The average molecular weight is 399 g/mol. The minimum atomic E-state index is -0.363. The molecule has 0 spiro atoms. The summed E-state index contributed by atoms with van der Waals surface area (Å²) in [6.45, 7) is 2.02. The van der Waals surface area contributed by atoms with Crippen LogP contribution in [0.15, 0.2) is 28.1 Å². The van der Waals surface area contributed by atoms with Gasteiger partial charge in [-0.2, -0.15) is 0 Å². The molecule has 90 valence electrons. The molecular weight excluding hydrogens is 390 g/mol. The molecule has 0 aliphatic carbocycles. The van der Waals surface area contributed by atoms with Gasteiger partial charge in [0, 0.05) is 10.4 Å². The minimum Gasteiger partial charge on any atom is -0.205 e. The minimum absolute atomic E-state index is 0.152. The Kier molecular flexibility index (Phi) is 4.29. The van der Waals surface area contributed by atoms with Crippen molar-refractivity contribution in [2.75, 3.05) is 0 Å². The number of hydrogen-bond donors (Lipinski definition) is 0. The Morgan fingerprint density at radius 2 is 2.06 bits per heavy atom. The van der Waals surface area contributed by atoms with E-state index in [9.17, 15) is 4.39 Å². The van der Waals surface area contributed by atoms with Crippen molar-refractivity contribution in [1.29, 1.82) is 0 Å². The molecule has 5 heteroatoms. The monoisotopic (exact) mass is 396 g/mol. The van der Waals surface area contributed by atoms with Gasteiger partial charge in [-0.1, -0.05) is 39.7 Å². The standard InChI is InChI=1S/C12H8Br2ClFS/c1-6-8(5-10(13)17-6)11(14)7-3-2-4-9(15)12(7)16/h2-5,11H,1H3. The van der Waals surface area contributed by atoms with Gasteiger partial charge >= 0.3 is 0 Å². The molecule has 0 nitrogen and oxygen atoms in total. The fourth-order valence-corrected chi connectivity index (χ4v) is 4.50. The molecular formula is C12H8Br2ClFS. The van der Waals surface area contributed by atoms with E-state index >= 15 is 0 Å². The van der Waals surface area contributed by atoms with E-state index in [4.69, 9.17) is 11.6 Å². The van der Waals surface area contributed by atoms with E-state index in [0.717, 1.165) is 14.2 Å². The number of benzene rings is 1. The quantitative estimate of drug-likeness (QED) is 0.537. The van der Waals surface area contributed by atoms with Crippen LogP contribution in [0.1, 0.15) is 20.8 Å². The second-order valence-electron chi connectivity index (χ2n) is 3.57. The third kappa shape index (κ3) is 2.75. The number of rotatable bonds is 2. The first-order valence-corrected chi connectivity index (χ1v) is 7.75. The molecule has 1 heterocycles. The number of halogens is 4. The second kappa shape index (κ2) is 5.39. The van der Waals surface area contributed by atoms with E-state index < -0.39 is 0 Å². The van der Waals surface area contributed by atoms with Crippen LogP contribution in [0.4, 0.5) is 4.39 Å². The third-order valence-corrected chi connectivity index (χ3v) is 5.30. The highest BCUT2D eigenvalue weighted by molar-refractivity contribution is 9.11. The van der Waals surface area contributed by atoms with Crippen LogP contribution in [0.3, 0.4) is 0 Å². The maximum Gasteiger partial charge on any atom is 0.146 e. The molecule has 1 unspecified atom stereocenters. The zero-order valence-electron chi connectivity index (χ0n) is 8.81. The average Bonchev–Trinajstić information content (AvgIpc) is 2.61. The van der Waals surface area contributed by atoms with Gasteiger partial charge in [-0.05, 0) is 40.5 Å². The SMILES string of the molecule is Cc1sc(Br)cc1C(Br)c1cccc(Cl)c1F. The van der Waals surface area contributed by atoms with Crippen molar-refractivity contribution in [2.24, 2.45) is 0 Å². The van der Waals surface area contributed by atoms with E-state index in [1.165, 1.54) is 0 Å². The highest BCUT2D eigenvalue weighted by Crippen LogP contribution is 2.40. The summed E-state index contributed by atoms with van der Waals surface area (Å²) in [6, 6.07) is 7.05. The summed E-state index contributed by atoms with van der Waals surface area (Å²) in [5.74, 6) is -0.363. The van der Waals surface area contributed by atoms with Gasteiger partial charge < -0.3 is 0 Å². The van der Waals surface area contributed by atoms with Gasteiger partial charge in [0.1, 0.15) is 5.82 Å². The lowest BCUT2D eigenvalue weighted by Gasteiger charge is -2.11. The Morgan fingerprint density at radius 3 is 2.65 bits per heavy atom. The lowest BCUT2D eigenvalue weighted by Crippen LogP contribution is -1.97. The molecule has 17 heavy (non-hydrogen) atoms. The Hall–Kier alpha value is 0.1000. The van der Waals surface area contributed by atoms with Crippen LogP contribution >= 0.6 is 54.8 Å². The molecule has 1 aromatic carbocycles. The van der Waals surface area contributed by atoms with Crippen molar-refractivity contribution in [3.05, 3.63) is 54.9 Å². The van der Waals surface area contributed by atoms with E-state index in [-0.39, 0.29) is 15.7 Å². The van der Waals surface area contributed by atoms with Gasteiger partial charge in [0.05, 0.1) is 13.6 Å². The number of hydrogen-bond acceptors (Lipinski definition) is 1. The summed E-state index contributed by atoms with van der Waals surface area (Å²) >= 11 is 14.4. The number of thiophene rings is 1. The first-order valence-electron chi connectivity index (χ1n) is 4.84. The molecule has 0 bridgehead atoms. The molecule has 0 aliphatic heterocycles. The van der Waals surface area contributed by atoms with Gasteiger partial charge in [0.15, 0.2) is 0 Å². The summed E-state index contributed by atoms with van der Waals surface area (Å²) in [7, 11) is 0. The maximum atomic E-state index is 13.9. The maximum absolute atomic E-state index is 13.9. The van der Waals surface area contributed by atoms with E-state index in [1.54, 1.807) is 29.5 Å². The van der Waals surface area contributed by atoms with Gasteiger partial charge in [0.25, 0.3) is 0 Å². The molecule has 0 fully saturated rings. The first kappa shape index (κ1) is 13.5. The molecule has 2 rings (SSSR count). The molecule has 0 aliphatic rings. The lowest BCUT2D eigenvalue weighted by atomic mass is 10.1. The molecule has 2 aromatic rings. The van der Waals surface area contributed by atoms with Crippen LogP contribution < -0.4 is 0 Å². The van der Waals surface area contributed by atoms with E-state index in [0.29, 0.717) is 5.56 Å². The fraction of sp³-hybridized carbons (Fsp3) is 0.167. The summed E-state index contributed by atoms with van der Waals surface area (Å²) in [4.78, 5) is 0.974. The predicted molar refractivity (Wildman–Crippen MR) is 78.9 cm³/mol. The molecule has 1 aromatic heterocycles. The lowest BCUT2D eigenvalue weighted by molar-refractivity contribution is 0.614. The molecule has 0 saturated heterocycles. The zero-order valence-corrected chi connectivity index (χ0v) is 13.6. The van der Waals surface area contributed by atoms with Gasteiger partial charge in [-0.3, -0.25) is 0 Å². The fourth-order valence-electron chi connectivity index (χ4n) is 1.59. The topological polar surface area (TPSA) is 0 Å². The molecule has 0 saturated carbocycles. The Bertz CT molecular complexity index is 553. The highest BCUT2D eigenvalue weighted by atomic mass is 79.9. The highest BCUT2D eigenvalue weighted by Gasteiger charge is 2.19. The largest absolute Gasteiger partial charge is 0.205 e. The molecule has 0 amide bonds. The summed E-state index contributed by atoms with van der Waals surface area (Å²) in [6.07, 6.45) is 0. The van der Waals surface area contributed by atoms with Gasteiger partial charge in [-0.25, -0.2) is 4.39 Å². The van der Waals surface area contributed by atoms with E-state index in [1.807, 2.05) is 13.0 Å². The van der Waals surface area contributed by atoms with Crippen molar-refractivity contribution in [2.45, 2.75) is 11.8 Å². The Morgan fingerprint density at radius 1 is 1.35 bits per heavy atom. The van der Waals surface area contributed by atoms with Crippen molar-refractivity contribution >= 4 is 54.8 Å². The van der Waals surface area contributed by atoms with Crippen LogP contribution in [-0.2, 0) is 0 Å². The third-order valence-electron chi connectivity index (χ3n) is 2.45. The predicted octanol–water partition coefficient (Wildman–Crippen LogP) is 6.10. The Balaban J connectivity index is 2.47. The number of aryl methyl sites for hydroxylation is 1. The zero-order chi connectivity index (χ0) is 12.6. The normalized spacial score (nSPS) is 12.8. The van der Waals surface area contributed by atoms with Crippen molar-refractivity contribution in [3.8, 4) is 0 Å². The smallest absolute Gasteiger partial charge is 0.146 e. The first-order chi connectivity index (χ1) is 8.00. The van der Waals surface area contributed by atoms with Crippen LogP contribution in [0.2, 0.25) is 5.02 Å².